The van der Waals surface area contributed by atoms with Gasteiger partial charge in [0, 0.05) is 5.69 Å². The van der Waals surface area contributed by atoms with E-state index in [1.165, 1.54) is 5.56 Å². The molecule has 0 aliphatic heterocycles. The highest BCUT2D eigenvalue weighted by atomic mass is 16.5. The smallest absolute Gasteiger partial charge is 0.313 e. The van der Waals surface area contributed by atoms with Crippen LogP contribution < -0.4 is 15.4 Å². The van der Waals surface area contributed by atoms with Crippen molar-refractivity contribution < 1.29 is 14.3 Å². The summed E-state index contributed by atoms with van der Waals surface area (Å²) in [5.74, 6) is -0.622. The van der Waals surface area contributed by atoms with E-state index in [9.17, 15) is 9.59 Å². The van der Waals surface area contributed by atoms with Crippen LogP contribution in [0.2, 0.25) is 0 Å². The van der Waals surface area contributed by atoms with E-state index in [1.807, 2.05) is 51.1 Å². The second-order valence-corrected chi connectivity index (χ2v) is 5.67. The molecule has 2 rings (SSSR count). The van der Waals surface area contributed by atoms with Crippen LogP contribution in [0.3, 0.4) is 0 Å². The fourth-order valence-corrected chi connectivity index (χ4v) is 2.13. The number of nitrogens with one attached hydrogen (secondary N) is 2. The molecule has 5 nitrogen and oxygen atoms in total. The summed E-state index contributed by atoms with van der Waals surface area (Å²) < 4.78 is 5.56. The third-order valence-corrected chi connectivity index (χ3v) is 3.62. The van der Waals surface area contributed by atoms with Gasteiger partial charge >= 0.3 is 11.8 Å². The Balaban J connectivity index is 1.74. The topological polar surface area (TPSA) is 67.4 Å². The number of rotatable bonds is 5. The van der Waals surface area contributed by atoms with Crippen LogP contribution in [0.4, 0.5) is 5.69 Å². The molecule has 0 fully saturated rings. The Hall–Kier alpha value is -2.82. The molecule has 0 radical (unpaired) electrons. The Morgan fingerprint density at radius 1 is 0.958 bits per heavy atom. The molecular weight excluding hydrogens is 304 g/mol. The predicted octanol–water partition coefficient (Wildman–Crippen LogP) is 2.75. The molecule has 0 bridgehead atoms. The SMILES string of the molecule is Cc1cccc(NC(=O)C(=O)NCCOc2ccc(C)c(C)c2)c1. The highest BCUT2D eigenvalue weighted by Gasteiger charge is 2.13. The molecule has 0 aliphatic rings. The molecule has 0 spiro atoms. The predicted molar refractivity (Wildman–Crippen MR) is 94.2 cm³/mol. The molecule has 0 aliphatic carbocycles. The van der Waals surface area contributed by atoms with Crippen LogP contribution in [-0.2, 0) is 9.59 Å². The van der Waals surface area contributed by atoms with Crippen molar-refractivity contribution in [2.45, 2.75) is 20.8 Å². The van der Waals surface area contributed by atoms with E-state index in [1.54, 1.807) is 12.1 Å². The van der Waals surface area contributed by atoms with Gasteiger partial charge in [0.05, 0.1) is 6.54 Å². The minimum Gasteiger partial charge on any atom is -0.492 e. The zero-order chi connectivity index (χ0) is 17.5. The Bertz CT molecular complexity index is 741. The van der Waals surface area contributed by atoms with Gasteiger partial charge in [-0.15, -0.1) is 0 Å². The van der Waals surface area contributed by atoms with Gasteiger partial charge in [0.2, 0.25) is 0 Å². The summed E-state index contributed by atoms with van der Waals surface area (Å²) in [7, 11) is 0. The lowest BCUT2D eigenvalue weighted by Crippen LogP contribution is -2.37. The Morgan fingerprint density at radius 2 is 1.75 bits per heavy atom. The summed E-state index contributed by atoms with van der Waals surface area (Å²) in [6.07, 6.45) is 0. The van der Waals surface area contributed by atoms with E-state index in [4.69, 9.17) is 4.74 Å². The van der Waals surface area contributed by atoms with Gasteiger partial charge in [-0.25, -0.2) is 0 Å². The molecule has 0 unspecified atom stereocenters. The van der Waals surface area contributed by atoms with Gasteiger partial charge in [0.25, 0.3) is 0 Å². The van der Waals surface area contributed by atoms with Gasteiger partial charge < -0.3 is 15.4 Å². The summed E-state index contributed by atoms with van der Waals surface area (Å²) in [4.78, 5) is 23.6. The van der Waals surface area contributed by atoms with Gasteiger partial charge in [-0.2, -0.15) is 0 Å². The Morgan fingerprint density at radius 3 is 2.46 bits per heavy atom. The molecule has 0 saturated carbocycles. The number of anilines is 1. The molecule has 2 N–H and O–H groups in total. The van der Waals surface area contributed by atoms with Crippen molar-refractivity contribution in [3.05, 3.63) is 59.2 Å². The minimum absolute atomic E-state index is 0.257. The van der Waals surface area contributed by atoms with Crippen LogP contribution in [0, 0.1) is 20.8 Å². The molecule has 0 saturated heterocycles. The maximum Gasteiger partial charge on any atom is 0.313 e. The fourth-order valence-electron chi connectivity index (χ4n) is 2.13. The molecular formula is C19H22N2O3. The van der Waals surface area contributed by atoms with E-state index in [2.05, 4.69) is 10.6 Å². The first-order valence-corrected chi connectivity index (χ1v) is 7.81. The second kappa shape index (κ2) is 8.15. The van der Waals surface area contributed by atoms with E-state index in [0.29, 0.717) is 12.3 Å². The lowest BCUT2D eigenvalue weighted by atomic mass is 10.1. The lowest BCUT2D eigenvalue weighted by Gasteiger charge is -2.09. The molecule has 0 heterocycles. The number of ether oxygens (including phenoxy) is 1. The van der Waals surface area contributed by atoms with Crippen LogP contribution in [-0.4, -0.2) is 25.0 Å². The molecule has 2 aromatic rings. The van der Waals surface area contributed by atoms with Crippen LogP contribution in [0.25, 0.3) is 0 Å². The van der Waals surface area contributed by atoms with Crippen molar-refractivity contribution in [2.24, 2.45) is 0 Å². The van der Waals surface area contributed by atoms with Crippen molar-refractivity contribution >= 4 is 17.5 Å². The molecule has 2 amide bonds. The van der Waals surface area contributed by atoms with Crippen LogP contribution in [0.5, 0.6) is 5.75 Å². The van der Waals surface area contributed by atoms with Crippen LogP contribution in [0.1, 0.15) is 16.7 Å². The zero-order valence-electron chi connectivity index (χ0n) is 14.2. The van der Waals surface area contributed by atoms with Crippen molar-refractivity contribution in [3.63, 3.8) is 0 Å². The number of carbonyl (C=O) groups is 2. The highest BCUT2D eigenvalue weighted by Crippen LogP contribution is 2.16. The van der Waals surface area contributed by atoms with Crippen molar-refractivity contribution in [1.82, 2.24) is 5.32 Å². The van der Waals surface area contributed by atoms with E-state index < -0.39 is 11.8 Å². The maximum atomic E-state index is 11.8. The van der Waals surface area contributed by atoms with E-state index >= 15 is 0 Å². The number of benzene rings is 2. The number of aryl methyl sites for hydroxylation is 3. The first kappa shape index (κ1) is 17.5. The molecule has 24 heavy (non-hydrogen) atoms. The Kier molecular flexibility index (Phi) is 5.95. The minimum atomic E-state index is -0.688. The first-order valence-electron chi connectivity index (χ1n) is 7.81. The van der Waals surface area contributed by atoms with Crippen LogP contribution in [0.15, 0.2) is 42.5 Å². The quantitative estimate of drug-likeness (QED) is 0.656. The summed E-state index contributed by atoms with van der Waals surface area (Å²) in [5, 5.41) is 5.10. The summed E-state index contributed by atoms with van der Waals surface area (Å²) in [6, 6.07) is 13.1. The van der Waals surface area contributed by atoms with E-state index in [-0.39, 0.29) is 6.54 Å². The Labute approximate surface area is 142 Å². The van der Waals surface area contributed by atoms with E-state index in [0.717, 1.165) is 16.9 Å². The van der Waals surface area contributed by atoms with Gasteiger partial charge in [-0.3, -0.25) is 9.59 Å². The normalized spacial score (nSPS) is 10.1. The summed E-state index contributed by atoms with van der Waals surface area (Å²) in [5.41, 5.74) is 3.95. The average molecular weight is 326 g/mol. The third-order valence-electron chi connectivity index (χ3n) is 3.62. The zero-order valence-corrected chi connectivity index (χ0v) is 14.2. The lowest BCUT2D eigenvalue weighted by molar-refractivity contribution is -0.136. The number of hydrogen-bond donors (Lipinski definition) is 2. The maximum absolute atomic E-state index is 11.8. The molecule has 0 atom stereocenters. The monoisotopic (exact) mass is 326 g/mol. The van der Waals surface area contributed by atoms with Gasteiger partial charge in [-0.05, 0) is 61.7 Å². The highest BCUT2D eigenvalue weighted by molar-refractivity contribution is 6.39. The molecule has 0 aromatic heterocycles. The van der Waals surface area contributed by atoms with Crippen molar-refractivity contribution in [2.75, 3.05) is 18.5 Å². The number of hydrogen-bond acceptors (Lipinski definition) is 3. The number of amides is 2. The average Bonchev–Trinajstić information content (AvgIpc) is 2.54. The largest absolute Gasteiger partial charge is 0.492 e. The van der Waals surface area contributed by atoms with Crippen molar-refractivity contribution in [1.29, 1.82) is 0 Å². The van der Waals surface area contributed by atoms with Gasteiger partial charge in [0.15, 0.2) is 0 Å². The summed E-state index contributed by atoms with van der Waals surface area (Å²) >= 11 is 0. The molecule has 5 heteroatoms. The van der Waals surface area contributed by atoms with Crippen molar-refractivity contribution in [3.8, 4) is 5.75 Å². The van der Waals surface area contributed by atoms with Crippen LogP contribution >= 0.6 is 0 Å². The van der Waals surface area contributed by atoms with Gasteiger partial charge in [0.1, 0.15) is 12.4 Å². The fraction of sp³-hybridized carbons (Fsp3) is 0.263. The molecule has 2 aromatic carbocycles. The first-order chi connectivity index (χ1) is 11.5. The third kappa shape index (κ3) is 5.12. The standard InChI is InChI=1S/C19H22N2O3/c1-13-5-4-6-16(11-13)21-19(23)18(22)20-9-10-24-17-8-7-14(2)15(3)12-17/h4-8,11-12H,9-10H2,1-3H3,(H,20,22)(H,21,23). The van der Waals surface area contributed by atoms with Gasteiger partial charge in [-0.1, -0.05) is 18.2 Å². The molecule has 126 valence electrons. The second-order valence-electron chi connectivity index (χ2n) is 5.67. The summed E-state index contributed by atoms with van der Waals surface area (Å²) in [6.45, 7) is 6.52. The number of carbonyl (C=O) groups excluding carboxylic acids is 2.